The van der Waals surface area contributed by atoms with Gasteiger partial charge < -0.3 is 9.33 Å². The van der Waals surface area contributed by atoms with Gasteiger partial charge in [0, 0.05) is 13.2 Å². The third kappa shape index (κ3) is 12.0. The van der Waals surface area contributed by atoms with Crippen LogP contribution in [0.3, 0.4) is 0 Å². The van der Waals surface area contributed by atoms with Gasteiger partial charge in [-0.25, -0.2) is 0 Å². The lowest BCUT2D eigenvalue weighted by Crippen LogP contribution is -2.36. The molecule has 0 saturated carbocycles. The molecule has 0 rings (SSSR count). The molecular formula is C15H35NOSSi. The number of nitrogens with zero attached hydrogens (tertiary/aromatic N) is 1. The van der Waals surface area contributed by atoms with Crippen LogP contribution in [-0.2, 0) is 4.43 Å². The van der Waals surface area contributed by atoms with Gasteiger partial charge in [0.1, 0.15) is 0 Å². The molecule has 0 radical (unpaired) electrons. The molecule has 116 valence electrons. The first kappa shape index (κ1) is 19.5. The van der Waals surface area contributed by atoms with Crippen LogP contribution in [0.5, 0.6) is 0 Å². The summed E-state index contributed by atoms with van der Waals surface area (Å²) in [6, 6.07) is 1.24. The highest BCUT2D eigenvalue weighted by Crippen LogP contribution is 2.14. The van der Waals surface area contributed by atoms with E-state index >= 15 is 0 Å². The fourth-order valence-corrected chi connectivity index (χ4v) is 4.40. The Kier molecular flexibility index (Phi) is 12.6. The first-order valence-electron chi connectivity index (χ1n) is 8.03. The molecule has 0 aromatic rings. The fraction of sp³-hybridized carbons (Fsp3) is 1.00. The summed E-state index contributed by atoms with van der Waals surface area (Å²) in [6.07, 6.45) is 6.38. The maximum absolute atomic E-state index is 6.19. The van der Waals surface area contributed by atoms with Gasteiger partial charge in [0.05, 0.1) is 0 Å². The largest absolute Gasteiger partial charge is 0.416 e. The highest BCUT2D eigenvalue weighted by molar-refractivity contribution is 7.80. The molecule has 0 atom stereocenters. The van der Waals surface area contributed by atoms with Gasteiger partial charge in [0.2, 0.25) is 0 Å². The van der Waals surface area contributed by atoms with Crippen molar-refractivity contribution in [1.82, 2.24) is 4.90 Å². The monoisotopic (exact) mass is 305 g/mol. The second kappa shape index (κ2) is 12.2. The normalized spacial score (nSPS) is 12.3. The zero-order valence-corrected chi connectivity index (χ0v) is 15.5. The summed E-state index contributed by atoms with van der Waals surface area (Å²) in [5, 5.41) is 0. The van der Waals surface area contributed by atoms with Gasteiger partial charge in [-0.15, -0.1) is 0 Å². The third-order valence-corrected chi connectivity index (χ3v) is 6.35. The van der Waals surface area contributed by atoms with E-state index in [1.165, 1.54) is 51.2 Å². The van der Waals surface area contributed by atoms with Crippen molar-refractivity contribution in [2.24, 2.45) is 0 Å². The molecule has 0 amide bonds. The van der Waals surface area contributed by atoms with Crippen molar-refractivity contribution >= 4 is 20.9 Å². The van der Waals surface area contributed by atoms with Gasteiger partial charge in [-0.2, -0.15) is 12.6 Å². The summed E-state index contributed by atoms with van der Waals surface area (Å²) in [5.41, 5.74) is 0. The summed E-state index contributed by atoms with van der Waals surface area (Å²) in [5.74, 6) is 0.985. The van der Waals surface area contributed by atoms with Gasteiger partial charge >= 0.3 is 0 Å². The molecule has 0 fully saturated rings. The van der Waals surface area contributed by atoms with E-state index in [1.54, 1.807) is 0 Å². The van der Waals surface area contributed by atoms with Crippen LogP contribution in [0.4, 0.5) is 0 Å². The van der Waals surface area contributed by atoms with Crippen LogP contribution in [0.15, 0.2) is 0 Å². The minimum atomic E-state index is -1.43. The summed E-state index contributed by atoms with van der Waals surface area (Å²) >= 11 is 4.29. The molecule has 0 aliphatic heterocycles. The topological polar surface area (TPSA) is 12.5 Å². The van der Waals surface area contributed by atoms with E-state index in [1.807, 2.05) is 0 Å². The Morgan fingerprint density at radius 3 is 2.00 bits per heavy atom. The summed E-state index contributed by atoms with van der Waals surface area (Å²) < 4.78 is 6.19. The zero-order chi connectivity index (χ0) is 14.6. The maximum Gasteiger partial charge on any atom is 0.186 e. The van der Waals surface area contributed by atoms with Gasteiger partial charge in [-0.1, -0.05) is 26.7 Å². The number of hydrogen-bond acceptors (Lipinski definition) is 3. The minimum absolute atomic E-state index is 0.916. The highest BCUT2D eigenvalue weighted by Gasteiger charge is 2.21. The molecule has 0 unspecified atom stereocenters. The Hall–Kier alpha value is 0.487. The molecule has 0 saturated heterocycles. The van der Waals surface area contributed by atoms with Crippen molar-refractivity contribution in [3.63, 3.8) is 0 Å². The van der Waals surface area contributed by atoms with E-state index in [-0.39, 0.29) is 0 Å². The van der Waals surface area contributed by atoms with Crippen molar-refractivity contribution in [3.8, 4) is 0 Å². The Balaban J connectivity index is 3.88. The number of thiol groups is 1. The van der Waals surface area contributed by atoms with Gasteiger partial charge in [-0.05, 0) is 57.2 Å². The first-order chi connectivity index (χ1) is 9.05. The summed E-state index contributed by atoms with van der Waals surface area (Å²) in [6.45, 7) is 13.7. The lowest BCUT2D eigenvalue weighted by molar-refractivity contribution is 0.199. The van der Waals surface area contributed by atoms with Gasteiger partial charge in [0.25, 0.3) is 0 Å². The molecule has 0 heterocycles. The summed E-state index contributed by atoms with van der Waals surface area (Å²) in [7, 11) is -1.43. The zero-order valence-electron chi connectivity index (χ0n) is 13.6. The molecule has 0 aromatic heterocycles. The van der Waals surface area contributed by atoms with E-state index in [0.717, 1.165) is 18.9 Å². The average Bonchev–Trinajstić information content (AvgIpc) is 2.39. The second-order valence-electron chi connectivity index (χ2n) is 5.98. The molecule has 0 aromatic carbocycles. The number of rotatable bonds is 13. The average molecular weight is 306 g/mol. The first-order valence-corrected chi connectivity index (χ1v) is 11.8. The highest BCUT2D eigenvalue weighted by atomic mass is 32.1. The predicted molar refractivity (Wildman–Crippen MR) is 93.0 cm³/mol. The standard InChI is InChI=1S/C15H35NOSSi/c1-5-7-10-16(11-8-6-2)12-13-17-19(3,4)15-9-14-18/h18H,5-15H2,1-4H3. The summed E-state index contributed by atoms with van der Waals surface area (Å²) in [4.78, 5) is 2.58. The van der Waals surface area contributed by atoms with Gasteiger partial charge in [0.15, 0.2) is 8.32 Å². The molecule has 19 heavy (non-hydrogen) atoms. The van der Waals surface area contributed by atoms with Crippen molar-refractivity contribution < 1.29 is 4.43 Å². The van der Waals surface area contributed by atoms with Crippen molar-refractivity contribution in [2.75, 3.05) is 32.0 Å². The molecule has 0 bridgehead atoms. The minimum Gasteiger partial charge on any atom is -0.416 e. The predicted octanol–water partition coefficient (Wildman–Crippen LogP) is 4.43. The van der Waals surface area contributed by atoms with Crippen LogP contribution in [-0.4, -0.2) is 45.2 Å². The van der Waals surface area contributed by atoms with E-state index in [4.69, 9.17) is 4.43 Å². The fourth-order valence-electron chi connectivity index (χ4n) is 2.13. The van der Waals surface area contributed by atoms with Crippen molar-refractivity contribution in [1.29, 1.82) is 0 Å². The molecular weight excluding hydrogens is 270 g/mol. The molecule has 2 nitrogen and oxygen atoms in total. The van der Waals surface area contributed by atoms with E-state index in [2.05, 4.69) is 44.5 Å². The molecule has 0 spiro atoms. The van der Waals surface area contributed by atoms with Gasteiger partial charge in [-0.3, -0.25) is 0 Å². The molecule has 0 aliphatic rings. The van der Waals surface area contributed by atoms with E-state index in [0.29, 0.717) is 0 Å². The molecule has 0 aliphatic carbocycles. The van der Waals surface area contributed by atoms with E-state index in [9.17, 15) is 0 Å². The quantitative estimate of drug-likeness (QED) is 0.399. The smallest absolute Gasteiger partial charge is 0.186 e. The van der Waals surface area contributed by atoms with E-state index < -0.39 is 8.32 Å². The Morgan fingerprint density at radius 1 is 0.947 bits per heavy atom. The van der Waals surface area contributed by atoms with Crippen LogP contribution >= 0.6 is 12.6 Å². The third-order valence-electron chi connectivity index (χ3n) is 3.49. The number of unbranched alkanes of at least 4 members (excludes halogenated alkanes) is 2. The van der Waals surface area contributed by atoms with Crippen LogP contribution in [0.2, 0.25) is 19.1 Å². The lowest BCUT2D eigenvalue weighted by atomic mass is 10.2. The van der Waals surface area contributed by atoms with Crippen LogP contribution in [0.25, 0.3) is 0 Å². The Bertz CT molecular complexity index is 195. The second-order valence-corrected chi connectivity index (χ2v) is 10.7. The van der Waals surface area contributed by atoms with Crippen LogP contribution < -0.4 is 0 Å². The van der Waals surface area contributed by atoms with Crippen molar-refractivity contribution in [2.45, 2.75) is 65.1 Å². The lowest BCUT2D eigenvalue weighted by Gasteiger charge is -2.26. The Labute approximate surface area is 127 Å². The maximum atomic E-state index is 6.19. The van der Waals surface area contributed by atoms with Crippen LogP contribution in [0.1, 0.15) is 46.0 Å². The molecule has 0 N–H and O–H groups in total. The van der Waals surface area contributed by atoms with Crippen LogP contribution in [0, 0.1) is 0 Å². The molecule has 4 heteroatoms. The number of hydrogen-bond donors (Lipinski definition) is 1. The Morgan fingerprint density at radius 2 is 1.53 bits per heavy atom. The van der Waals surface area contributed by atoms with Crippen molar-refractivity contribution in [3.05, 3.63) is 0 Å². The SMILES string of the molecule is CCCCN(CCCC)CCO[Si](C)(C)CCCS.